The van der Waals surface area contributed by atoms with Crippen LogP contribution in [0.25, 0.3) is 17.0 Å². The number of carbonyl (C=O) groups is 1. The Balaban J connectivity index is 1.35. The first kappa shape index (κ1) is 17.4. The first-order valence-corrected chi connectivity index (χ1v) is 8.90. The summed E-state index contributed by atoms with van der Waals surface area (Å²) in [6.45, 7) is 0. The largest absolute Gasteiger partial charge is 0.339 e. The van der Waals surface area contributed by atoms with E-state index in [1.165, 1.54) is 12.4 Å². The molecule has 4 aromatic heterocycles. The fourth-order valence-corrected chi connectivity index (χ4v) is 3.27. The van der Waals surface area contributed by atoms with Crippen LogP contribution in [0.2, 0.25) is 0 Å². The van der Waals surface area contributed by atoms with Gasteiger partial charge >= 0.3 is 0 Å². The number of pyridine rings is 2. The number of rotatable bonds is 4. The smallest absolute Gasteiger partial charge is 0.275 e. The van der Waals surface area contributed by atoms with Gasteiger partial charge in [-0.15, -0.1) is 0 Å². The number of carbonyl (C=O) groups excluding carboxylic acids is 1. The summed E-state index contributed by atoms with van der Waals surface area (Å²) < 4.78 is 32.9. The van der Waals surface area contributed by atoms with Crippen molar-refractivity contribution < 1.29 is 18.1 Å². The van der Waals surface area contributed by atoms with Crippen molar-refractivity contribution in [3.8, 4) is 11.4 Å². The minimum absolute atomic E-state index is 0.194. The van der Waals surface area contributed by atoms with Gasteiger partial charge in [-0.05, 0) is 24.3 Å². The Labute approximate surface area is 162 Å². The Kier molecular flexibility index (Phi) is 3.86. The molecule has 1 aliphatic rings. The van der Waals surface area contributed by atoms with Crippen molar-refractivity contribution in [2.24, 2.45) is 0 Å². The summed E-state index contributed by atoms with van der Waals surface area (Å²) in [5.41, 5.74) is 1.57. The van der Waals surface area contributed by atoms with Gasteiger partial charge in [-0.1, -0.05) is 11.2 Å². The van der Waals surface area contributed by atoms with Gasteiger partial charge in [-0.3, -0.25) is 9.20 Å². The second-order valence-electron chi connectivity index (χ2n) is 6.87. The van der Waals surface area contributed by atoms with Gasteiger partial charge in [0.1, 0.15) is 17.2 Å². The lowest BCUT2D eigenvalue weighted by atomic mass is 9.81. The average molecular weight is 396 g/mol. The molecule has 0 saturated heterocycles. The summed E-state index contributed by atoms with van der Waals surface area (Å²) in [6, 6.07) is 8.66. The minimum atomic E-state index is -2.66. The van der Waals surface area contributed by atoms with E-state index in [-0.39, 0.29) is 30.5 Å². The number of nitrogens with one attached hydrogen (secondary N) is 1. The lowest BCUT2D eigenvalue weighted by Crippen LogP contribution is -2.33. The summed E-state index contributed by atoms with van der Waals surface area (Å²) in [5.74, 6) is -2.73. The third kappa shape index (κ3) is 3.22. The standard InChI is InChI=1S/C19H14F2N6O2/c20-19(21)8-12(9-19)18-25-16(26-29-18)11-4-5-22-14(7-11)24-17(28)13-10-23-15-3-1-2-6-27(13)15/h1-7,10,12H,8-9H2,(H,22,24,28). The highest BCUT2D eigenvalue weighted by Gasteiger charge is 2.48. The van der Waals surface area contributed by atoms with Crippen molar-refractivity contribution >= 4 is 17.4 Å². The predicted octanol–water partition coefficient (Wildman–Crippen LogP) is 3.54. The van der Waals surface area contributed by atoms with E-state index in [1.54, 1.807) is 34.9 Å². The molecule has 1 saturated carbocycles. The molecule has 1 amide bonds. The quantitative estimate of drug-likeness (QED) is 0.567. The van der Waals surface area contributed by atoms with Crippen molar-refractivity contribution in [2.45, 2.75) is 24.7 Å². The Hall–Kier alpha value is -3.69. The molecule has 4 aromatic rings. The van der Waals surface area contributed by atoms with Gasteiger partial charge in [0.15, 0.2) is 0 Å². The van der Waals surface area contributed by atoms with Crippen molar-refractivity contribution in [3.05, 3.63) is 60.5 Å². The summed E-state index contributed by atoms with van der Waals surface area (Å²) in [4.78, 5) is 25.1. The van der Waals surface area contributed by atoms with E-state index in [2.05, 4.69) is 25.4 Å². The van der Waals surface area contributed by atoms with Crippen LogP contribution < -0.4 is 5.32 Å². The van der Waals surface area contributed by atoms with Crippen LogP contribution in [0.1, 0.15) is 35.1 Å². The summed E-state index contributed by atoms with van der Waals surface area (Å²) in [5, 5.41) is 6.58. The first-order valence-electron chi connectivity index (χ1n) is 8.90. The maximum atomic E-state index is 13.0. The highest BCUT2D eigenvalue weighted by molar-refractivity contribution is 6.03. The number of imidazole rings is 1. The molecule has 10 heteroatoms. The van der Waals surface area contributed by atoms with Crippen molar-refractivity contribution in [3.63, 3.8) is 0 Å². The molecule has 0 unspecified atom stereocenters. The zero-order valence-corrected chi connectivity index (χ0v) is 14.9. The van der Waals surface area contributed by atoms with Crippen molar-refractivity contribution in [2.75, 3.05) is 5.32 Å². The van der Waals surface area contributed by atoms with Crippen LogP contribution in [0.15, 0.2) is 53.4 Å². The molecule has 1 N–H and O–H groups in total. The van der Waals surface area contributed by atoms with E-state index in [4.69, 9.17) is 4.52 Å². The van der Waals surface area contributed by atoms with Crippen LogP contribution in [-0.4, -0.2) is 36.3 Å². The van der Waals surface area contributed by atoms with Crippen LogP contribution >= 0.6 is 0 Å². The van der Waals surface area contributed by atoms with Gasteiger partial charge in [-0.25, -0.2) is 18.7 Å². The maximum absolute atomic E-state index is 13.0. The zero-order valence-electron chi connectivity index (χ0n) is 14.9. The molecular formula is C19H14F2N6O2. The molecule has 5 rings (SSSR count). The predicted molar refractivity (Wildman–Crippen MR) is 97.6 cm³/mol. The van der Waals surface area contributed by atoms with E-state index in [1.807, 2.05) is 6.07 Å². The summed E-state index contributed by atoms with van der Waals surface area (Å²) in [6.07, 6.45) is 4.14. The third-order valence-corrected chi connectivity index (χ3v) is 4.79. The number of hydrogen-bond donors (Lipinski definition) is 1. The molecule has 29 heavy (non-hydrogen) atoms. The molecule has 0 aliphatic heterocycles. The topological polar surface area (TPSA) is 98.2 Å². The monoisotopic (exact) mass is 396 g/mol. The minimum Gasteiger partial charge on any atom is -0.339 e. The van der Waals surface area contributed by atoms with E-state index < -0.39 is 11.8 Å². The Morgan fingerprint density at radius 1 is 1.24 bits per heavy atom. The fourth-order valence-electron chi connectivity index (χ4n) is 3.27. The molecule has 4 heterocycles. The molecule has 0 spiro atoms. The number of fused-ring (bicyclic) bond motifs is 1. The third-order valence-electron chi connectivity index (χ3n) is 4.79. The normalized spacial score (nSPS) is 15.9. The van der Waals surface area contributed by atoms with Gasteiger partial charge in [0.25, 0.3) is 5.91 Å². The van der Waals surface area contributed by atoms with E-state index in [0.29, 0.717) is 22.7 Å². The van der Waals surface area contributed by atoms with Crippen LogP contribution in [-0.2, 0) is 0 Å². The molecular weight excluding hydrogens is 382 g/mol. The van der Waals surface area contributed by atoms with Crippen molar-refractivity contribution in [1.29, 1.82) is 0 Å². The Bertz CT molecular complexity index is 1210. The van der Waals surface area contributed by atoms with E-state index in [9.17, 15) is 13.6 Å². The van der Waals surface area contributed by atoms with Crippen LogP contribution in [0.3, 0.4) is 0 Å². The van der Waals surface area contributed by atoms with Gasteiger partial charge < -0.3 is 9.84 Å². The zero-order chi connectivity index (χ0) is 20.0. The summed E-state index contributed by atoms with van der Waals surface area (Å²) in [7, 11) is 0. The molecule has 1 fully saturated rings. The average Bonchev–Trinajstić information content (AvgIpc) is 3.33. The van der Waals surface area contributed by atoms with Gasteiger partial charge in [0.2, 0.25) is 17.6 Å². The molecule has 0 aromatic carbocycles. The highest BCUT2D eigenvalue weighted by Crippen LogP contribution is 2.47. The van der Waals surface area contributed by atoms with Gasteiger partial charge in [0, 0.05) is 36.7 Å². The molecule has 0 bridgehead atoms. The van der Waals surface area contributed by atoms with Gasteiger partial charge in [0.05, 0.1) is 6.20 Å². The van der Waals surface area contributed by atoms with Crippen molar-refractivity contribution in [1.82, 2.24) is 24.5 Å². The fraction of sp³-hybridized carbons (Fsp3) is 0.211. The second-order valence-corrected chi connectivity index (χ2v) is 6.87. The molecule has 1 aliphatic carbocycles. The molecule has 8 nitrogen and oxygen atoms in total. The molecule has 146 valence electrons. The van der Waals surface area contributed by atoms with E-state index >= 15 is 0 Å². The Morgan fingerprint density at radius 3 is 2.93 bits per heavy atom. The first-order chi connectivity index (χ1) is 14.0. The number of alkyl halides is 2. The number of nitrogens with zero attached hydrogens (tertiary/aromatic N) is 5. The SMILES string of the molecule is O=C(Nc1cc(-c2noc(C3CC(F)(F)C3)n2)ccn1)c1cnc2ccccn12. The Morgan fingerprint density at radius 2 is 2.10 bits per heavy atom. The number of aromatic nitrogens is 5. The number of hydrogen-bond acceptors (Lipinski definition) is 6. The summed E-state index contributed by atoms with van der Waals surface area (Å²) >= 11 is 0. The van der Waals surface area contributed by atoms with Gasteiger partial charge in [-0.2, -0.15) is 4.98 Å². The number of halogens is 2. The number of anilines is 1. The van der Waals surface area contributed by atoms with Crippen LogP contribution in [0, 0.1) is 0 Å². The van der Waals surface area contributed by atoms with Crippen LogP contribution in [0.5, 0.6) is 0 Å². The lowest BCUT2D eigenvalue weighted by molar-refractivity contribution is -0.0925. The molecule has 0 atom stereocenters. The van der Waals surface area contributed by atoms with Crippen LogP contribution in [0.4, 0.5) is 14.6 Å². The second kappa shape index (κ2) is 6.43. The highest BCUT2D eigenvalue weighted by atomic mass is 19.3. The molecule has 0 radical (unpaired) electrons. The maximum Gasteiger partial charge on any atom is 0.275 e. The van der Waals surface area contributed by atoms with E-state index in [0.717, 1.165) is 0 Å². The number of amides is 1. The lowest BCUT2D eigenvalue weighted by Gasteiger charge is -2.31.